The van der Waals surface area contributed by atoms with Gasteiger partial charge in [-0.05, 0) is 17.7 Å². The Morgan fingerprint density at radius 1 is 1.00 bits per heavy atom. The van der Waals surface area contributed by atoms with Crippen LogP contribution in [-0.2, 0) is 4.84 Å². The van der Waals surface area contributed by atoms with E-state index in [9.17, 15) is 4.79 Å². The van der Waals surface area contributed by atoms with Crippen LogP contribution in [-0.4, -0.2) is 17.5 Å². The molecule has 2 aromatic rings. The summed E-state index contributed by atoms with van der Waals surface area (Å²) < 4.78 is 0. The molecule has 1 unspecified atom stereocenters. The molecule has 1 heterocycles. The minimum Gasteiger partial charge on any atom is -0.267 e. The van der Waals surface area contributed by atoms with E-state index in [1.165, 1.54) is 5.06 Å². The number of carbonyl (C=O) groups excluding carboxylic acids is 1. The first-order valence-corrected chi connectivity index (χ1v) is 6.60. The fraction of sp³-hybridized carbons (Fsp3) is 0.118. The lowest BCUT2D eigenvalue weighted by Gasteiger charge is -2.28. The molecule has 0 aliphatic carbocycles. The number of nitrogens with zero attached hydrogens (tertiary/aromatic N) is 1. The van der Waals surface area contributed by atoms with E-state index in [-0.39, 0.29) is 12.0 Å². The second-order valence-corrected chi connectivity index (χ2v) is 4.60. The molecule has 1 aliphatic heterocycles. The minimum atomic E-state index is -0.211. The molecule has 3 nitrogen and oxygen atoms in total. The smallest absolute Gasteiger partial charge is 0.267 e. The van der Waals surface area contributed by atoms with Gasteiger partial charge in [0.2, 0.25) is 0 Å². The number of carbonyl (C=O) groups is 1. The maximum absolute atomic E-state index is 12.3. The second-order valence-electron chi connectivity index (χ2n) is 4.60. The monoisotopic (exact) mass is 265 g/mol. The third-order valence-corrected chi connectivity index (χ3v) is 3.20. The summed E-state index contributed by atoms with van der Waals surface area (Å²) in [4.78, 5) is 18.1. The van der Waals surface area contributed by atoms with Crippen molar-refractivity contribution in [2.75, 3.05) is 6.54 Å². The zero-order valence-electron chi connectivity index (χ0n) is 11.0. The fourth-order valence-electron chi connectivity index (χ4n) is 2.17. The molecule has 100 valence electrons. The molecule has 1 atom stereocenters. The number of benzene rings is 2. The van der Waals surface area contributed by atoms with E-state index in [1.807, 2.05) is 60.7 Å². The Labute approximate surface area is 118 Å². The van der Waals surface area contributed by atoms with E-state index >= 15 is 0 Å². The maximum atomic E-state index is 12.3. The average molecular weight is 265 g/mol. The van der Waals surface area contributed by atoms with Gasteiger partial charge in [-0.1, -0.05) is 60.7 Å². The fourth-order valence-corrected chi connectivity index (χ4v) is 2.17. The zero-order valence-corrected chi connectivity index (χ0v) is 11.0. The third kappa shape index (κ3) is 2.63. The topological polar surface area (TPSA) is 29.5 Å². The Balaban J connectivity index is 1.77. The summed E-state index contributed by atoms with van der Waals surface area (Å²) in [6.45, 7) is 0.469. The highest BCUT2D eigenvalue weighted by Crippen LogP contribution is 2.24. The molecule has 2 aromatic carbocycles. The normalized spacial score (nSPS) is 18.0. The van der Waals surface area contributed by atoms with Gasteiger partial charge < -0.3 is 0 Å². The number of rotatable bonds is 2. The van der Waals surface area contributed by atoms with Gasteiger partial charge in [-0.3, -0.25) is 9.63 Å². The van der Waals surface area contributed by atoms with Crippen LogP contribution in [0.3, 0.4) is 0 Å². The van der Waals surface area contributed by atoms with E-state index in [0.29, 0.717) is 12.1 Å². The molecule has 3 heteroatoms. The Bertz CT molecular complexity index is 607. The van der Waals surface area contributed by atoms with Gasteiger partial charge in [0.15, 0.2) is 0 Å². The molecule has 0 N–H and O–H groups in total. The molecule has 0 bridgehead atoms. The highest BCUT2D eigenvalue weighted by Gasteiger charge is 2.23. The number of hydrogen-bond acceptors (Lipinski definition) is 2. The Morgan fingerprint density at radius 2 is 1.65 bits per heavy atom. The van der Waals surface area contributed by atoms with Crippen LogP contribution in [0.5, 0.6) is 0 Å². The zero-order chi connectivity index (χ0) is 13.8. The lowest BCUT2D eigenvalue weighted by Crippen LogP contribution is -2.34. The lowest BCUT2D eigenvalue weighted by molar-refractivity contribution is -0.151. The van der Waals surface area contributed by atoms with Gasteiger partial charge in [-0.25, -0.2) is 5.06 Å². The summed E-state index contributed by atoms with van der Waals surface area (Å²) in [5.41, 5.74) is 1.67. The van der Waals surface area contributed by atoms with E-state index in [2.05, 4.69) is 0 Å². The van der Waals surface area contributed by atoms with Crippen LogP contribution in [0, 0.1) is 0 Å². The van der Waals surface area contributed by atoms with Crippen molar-refractivity contribution < 1.29 is 9.63 Å². The van der Waals surface area contributed by atoms with Crippen molar-refractivity contribution in [1.82, 2.24) is 5.06 Å². The van der Waals surface area contributed by atoms with Crippen LogP contribution < -0.4 is 0 Å². The Kier molecular flexibility index (Phi) is 3.61. The lowest BCUT2D eigenvalue weighted by atomic mass is 10.1. The molecule has 3 rings (SSSR count). The Morgan fingerprint density at radius 3 is 2.35 bits per heavy atom. The molecular formula is C17H15NO2. The predicted octanol–water partition coefficient (Wildman–Crippen LogP) is 3.37. The molecule has 1 aliphatic rings. The van der Waals surface area contributed by atoms with Crippen LogP contribution in [0.25, 0.3) is 0 Å². The van der Waals surface area contributed by atoms with Gasteiger partial charge in [-0.15, -0.1) is 0 Å². The number of hydroxylamine groups is 2. The van der Waals surface area contributed by atoms with Crippen LogP contribution in [0.2, 0.25) is 0 Å². The summed E-state index contributed by atoms with van der Waals surface area (Å²) in [6, 6.07) is 19.0. The van der Waals surface area contributed by atoms with E-state index in [4.69, 9.17) is 4.84 Å². The maximum Gasteiger partial charge on any atom is 0.277 e. The van der Waals surface area contributed by atoms with Gasteiger partial charge >= 0.3 is 0 Å². The second kappa shape index (κ2) is 5.72. The first kappa shape index (κ1) is 12.6. The van der Waals surface area contributed by atoms with Crippen LogP contribution in [0.15, 0.2) is 72.8 Å². The molecule has 0 spiro atoms. The van der Waals surface area contributed by atoms with Crippen molar-refractivity contribution >= 4 is 5.91 Å². The van der Waals surface area contributed by atoms with Crippen LogP contribution >= 0.6 is 0 Å². The molecule has 0 saturated heterocycles. The molecule has 0 radical (unpaired) electrons. The standard InChI is InChI=1S/C17H15NO2/c19-17(15-10-5-2-6-11-15)18-13-7-12-16(20-18)14-8-3-1-4-9-14/h1-12,16H,13H2. The molecule has 0 aromatic heterocycles. The molecule has 1 amide bonds. The number of amides is 1. The van der Waals surface area contributed by atoms with Gasteiger partial charge in [-0.2, -0.15) is 0 Å². The molecule has 20 heavy (non-hydrogen) atoms. The third-order valence-electron chi connectivity index (χ3n) is 3.20. The highest BCUT2D eigenvalue weighted by atomic mass is 16.7. The van der Waals surface area contributed by atoms with Gasteiger partial charge in [0.25, 0.3) is 5.91 Å². The predicted molar refractivity (Wildman–Crippen MR) is 76.9 cm³/mol. The summed E-state index contributed by atoms with van der Waals surface area (Å²) in [5, 5.41) is 1.41. The number of hydrogen-bond donors (Lipinski definition) is 0. The largest absolute Gasteiger partial charge is 0.277 e. The quantitative estimate of drug-likeness (QED) is 0.779. The van der Waals surface area contributed by atoms with Crippen LogP contribution in [0.1, 0.15) is 22.0 Å². The first-order valence-electron chi connectivity index (χ1n) is 6.60. The summed E-state index contributed by atoms with van der Waals surface area (Å²) in [7, 11) is 0. The first-order chi connectivity index (χ1) is 9.84. The van der Waals surface area contributed by atoms with E-state index < -0.39 is 0 Å². The van der Waals surface area contributed by atoms with Crippen molar-refractivity contribution in [1.29, 1.82) is 0 Å². The molecule has 0 saturated carbocycles. The van der Waals surface area contributed by atoms with Gasteiger partial charge in [0.1, 0.15) is 6.10 Å². The van der Waals surface area contributed by atoms with Crippen molar-refractivity contribution in [3.05, 3.63) is 83.9 Å². The van der Waals surface area contributed by atoms with Gasteiger partial charge in [0, 0.05) is 5.56 Å². The SMILES string of the molecule is O=C(c1ccccc1)N1CC=CC(c2ccccc2)O1. The van der Waals surface area contributed by atoms with Crippen molar-refractivity contribution in [3.63, 3.8) is 0 Å². The van der Waals surface area contributed by atoms with Crippen molar-refractivity contribution in [3.8, 4) is 0 Å². The molecule has 0 fully saturated rings. The minimum absolute atomic E-state index is 0.115. The van der Waals surface area contributed by atoms with E-state index in [1.54, 1.807) is 12.1 Å². The summed E-state index contributed by atoms with van der Waals surface area (Å²) in [5.74, 6) is -0.115. The van der Waals surface area contributed by atoms with Gasteiger partial charge in [0.05, 0.1) is 6.54 Å². The van der Waals surface area contributed by atoms with Crippen LogP contribution in [0.4, 0.5) is 0 Å². The average Bonchev–Trinajstić information content (AvgIpc) is 2.56. The van der Waals surface area contributed by atoms with Crippen molar-refractivity contribution in [2.45, 2.75) is 6.10 Å². The Hall–Kier alpha value is -2.39. The highest BCUT2D eigenvalue weighted by molar-refractivity contribution is 5.93. The van der Waals surface area contributed by atoms with E-state index in [0.717, 1.165) is 5.56 Å². The summed E-state index contributed by atoms with van der Waals surface area (Å²) >= 11 is 0. The summed E-state index contributed by atoms with van der Waals surface area (Å²) in [6.07, 6.45) is 3.73. The van der Waals surface area contributed by atoms with Crippen molar-refractivity contribution in [2.24, 2.45) is 0 Å². The molecular weight excluding hydrogens is 250 g/mol.